The van der Waals surface area contributed by atoms with Crippen molar-refractivity contribution in [2.75, 3.05) is 6.61 Å². The van der Waals surface area contributed by atoms with Crippen LogP contribution in [0.2, 0.25) is 0 Å². The molecule has 0 spiro atoms. The summed E-state index contributed by atoms with van der Waals surface area (Å²) in [5.74, 6) is 0.352. The monoisotopic (exact) mass is 256 g/mol. The Morgan fingerprint density at radius 3 is 1.89 bits per heavy atom. The summed E-state index contributed by atoms with van der Waals surface area (Å²) in [6.45, 7) is 17.5. The standard InChI is InChI=1S/C16H32O2/c1-9-18-16(7,8)12-15(5,6)11-10-13(17)14(2,3)4/h9-12H2,1-8H3. The SMILES string of the molecule is CCOC(C)(C)CC(C)(C)CCC(=O)C(C)(C)C. The summed E-state index contributed by atoms with van der Waals surface area (Å²) in [7, 11) is 0. The van der Waals surface area contributed by atoms with Gasteiger partial charge in [0.1, 0.15) is 5.78 Å². The molecular weight excluding hydrogens is 224 g/mol. The van der Waals surface area contributed by atoms with Gasteiger partial charge in [0.15, 0.2) is 0 Å². The number of ketones is 1. The second-order valence-electron chi connectivity index (χ2n) is 7.71. The highest BCUT2D eigenvalue weighted by molar-refractivity contribution is 5.83. The molecule has 0 atom stereocenters. The van der Waals surface area contributed by atoms with Crippen LogP contribution < -0.4 is 0 Å². The van der Waals surface area contributed by atoms with Gasteiger partial charge in [0.25, 0.3) is 0 Å². The molecular formula is C16H32O2. The molecule has 0 aliphatic rings. The molecule has 0 bridgehead atoms. The minimum Gasteiger partial charge on any atom is -0.376 e. The van der Waals surface area contributed by atoms with Crippen LogP contribution in [0, 0.1) is 10.8 Å². The van der Waals surface area contributed by atoms with E-state index in [2.05, 4.69) is 27.7 Å². The third-order valence-electron chi connectivity index (χ3n) is 3.30. The average Bonchev–Trinajstić information content (AvgIpc) is 2.10. The van der Waals surface area contributed by atoms with Crippen molar-refractivity contribution in [3.63, 3.8) is 0 Å². The summed E-state index contributed by atoms with van der Waals surface area (Å²) in [4.78, 5) is 12.0. The summed E-state index contributed by atoms with van der Waals surface area (Å²) in [6.07, 6.45) is 2.57. The van der Waals surface area contributed by atoms with Crippen LogP contribution in [0.5, 0.6) is 0 Å². The molecule has 108 valence electrons. The van der Waals surface area contributed by atoms with Gasteiger partial charge in [-0.05, 0) is 39.0 Å². The lowest BCUT2D eigenvalue weighted by atomic mass is 9.76. The van der Waals surface area contributed by atoms with Crippen molar-refractivity contribution >= 4 is 5.78 Å². The van der Waals surface area contributed by atoms with Crippen molar-refractivity contribution < 1.29 is 9.53 Å². The first-order chi connectivity index (χ1) is 7.90. The van der Waals surface area contributed by atoms with Gasteiger partial charge >= 0.3 is 0 Å². The lowest BCUT2D eigenvalue weighted by molar-refractivity contribution is -0.127. The van der Waals surface area contributed by atoms with Crippen molar-refractivity contribution in [1.82, 2.24) is 0 Å². The van der Waals surface area contributed by atoms with Crippen LogP contribution in [0.15, 0.2) is 0 Å². The minimum atomic E-state index is -0.217. The smallest absolute Gasteiger partial charge is 0.138 e. The number of hydrogen-bond donors (Lipinski definition) is 0. The molecule has 0 amide bonds. The van der Waals surface area contributed by atoms with Crippen LogP contribution in [-0.2, 0) is 9.53 Å². The summed E-state index contributed by atoms with van der Waals surface area (Å²) in [5.41, 5.74) is -0.186. The molecule has 2 nitrogen and oxygen atoms in total. The molecule has 0 aromatic rings. The number of hydrogen-bond acceptors (Lipinski definition) is 2. The van der Waals surface area contributed by atoms with Gasteiger partial charge in [-0.2, -0.15) is 0 Å². The van der Waals surface area contributed by atoms with E-state index < -0.39 is 0 Å². The van der Waals surface area contributed by atoms with Crippen molar-refractivity contribution in [3.05, 3.63) is 0 Å². The van der Waals surface area contributed by atoms with Crippen molar-refractivity contribution in [1.29, 1.82) is 0 Å². The molecule has 0 rings (SSSR count). The Hall–Kier alpha value is -0.370. The lowest BCUT2D eigenvalue weighted by Gasteiger charge is -2.35. The van der Waals surface area contributed by atoms with Gasteiger partial charge in [-0.1, -0.05) is 34.6 Å². The van der Waals surface area contributed by atoms with E-state index in [-0.39, 0.29) is 16.4 Å². The maximum Gasteiger partial charge on any atom is 0.138 e. The normalized spacial score (nSPS) is 13.8. The van der Waals surface area contributed by atoms with Crippen molar-refractivity contribution in [2.24, 2.45) is 10.8 Å². The molecule has 0 saturated carbocycles. The Labute approximate surface area is 113 Å². The second-order valence-corrected chi connectivity index (χ2v) is 7.71. The van der Waals surface area contributed by atoms with Crippen molar-refractivity contribution in [3.8, 4) is 0 Å². The van der Waals surface area contributed by atoms with Crippen LogP contribution in [0.3, 0.4) is 0 Å². The molecule has 0 aliphatic heterocycles. The summed E-state index contributed by atoms with van der Waals surface area (Å²) >= 11 is 0. The topological polar surface area (TPSA) is 26.3 Å². The molecule has 18 heavy (non-hydrogen) atoms. The van der Waals surface area contributed by atoms with E-state index in [4.69, 9.17) is 4.74 Å². The number of ether oxygens (including phenoxy) is 1. The van der Waals surface area contributed by atoms with E-state index in [1.165, 1.54) is 0 Å². The second kappa shape index (κ2) is 6.18. The van der Waals surface area contributed by atoms with Crippen LogP contribution >= 0.6 is 0 Å². The van der Waals surface area contributed by atoms with Gasteiger partial charge in [-0.25, -0.2) is 0 Å². The maximum atomic E-state index is 12.0. The number of carbonyl (C=O) groups is 1. The first-order valence-electron chi connectivity index (χ1n) is 7.07. The zero-order valence-electron chi connectivity index (χ0n) is 13.6. The molecule has 2 heteroatoms. The first kappa shape index (κ1) is 17.6. The number of carbonyl (C=O) groups excluding carboxylic acids is 1. The summed E-state index contributed by atoms with van der Waals surface area (Å²) in [6, 6.07) is 0. The van der Waals surface area contributed by atoms with E-state index in [9.17, 15) is 4.79 Å². The Balaban J connectivity index is 4.36. The van der Waals surface area contributed by atoms with Gasteiger partial charge in [0.2, 0.25) is 0 Å². The van der Waals surface area contributed by atoms with Crippen molar-refractivity contribution in [2.45, 2.75) is 80.3 Å². The fourth-order valence-electron chi connectivity index (χ4n) is 2.51. The van der Waals surface area contributed by atoms with Gasteiger partial charge in [-0.3, -0.25) is 4.79 Å². The molecule has 0 aromatic heterocycles. The zero-order chi connectivity index (χ0) is 14.6. The summed E-state index contributed by atoms with van der Waals surface area (Å²) in [5, 5.41) is 0. The van der Waals surface area contributed by atoms with E-state index >= 15 is 0 Å². The quantitative estimate of drug-likeness (QED) is 0.664. The van der Waals surface area contributed by atoms with E-state index in [1.54, 1.807) is 0 Å². The van der Waals surface area contributed by atoms with Gasteiger partial charge in [0.05, 0.1) is 5.60 Å². The van der Waals surface area contributed by atoms with E-state index in [0.717, 1.165) is 19.4 Å². The molecule has 0 aliphatic carbocycles. The Morgan fingerprint density at radius 2 is 1.50 bits per heavy atom. The Bertz CT molecular complexity index is 269. The van der Waals surface area contributed by atoms with Gasteiger partial charge < -0.3 is 4.74 Å². The molecule has 0 fully saturated rings. The third-order valence-corrected chi connectivity index (χ3v) is 3.30. The predicted octanol–water partition coefficient (Wildman–Crippen LogP) is 4.61. The van der Waals surface area contributed by atoms with Crippen LogP contribution in [0.25, 0.3) is 0 Å². The van der Waals surface area contributed by atoms with Crippen LogP contribution in [0.4, 0.5) is 0 Å². The largest absolute Gasteiger partial charge is 0.376 e. The molecule has 0 radical (unpaired) electrons. The van der Waals surface area contributed by atoms with Crippen LogP contribution in [-0.4, -0.2) is 18.0 Å². The fourth-order valence-corrected chi connectivity index (χ4v) is 2.51. The highest BCUT2D eigenvalue weighted by atomic mass is 16.5. The zero-order valence-corrected chi connectivity index (χ0v) is 13.6. The summed E-state index contributed by atoms with van der Waals surface area (Å²) < 4.78 is 5.75. The van der Waals surface area contributed by atoms with Gasteiger partial charge in [-0.15, -0.1) is 0 Å². The highest BCUT2D eigenvalue weighted by Crippen LogP contribution is 2.35. The molecule has 0 unspecified atom stereocenters. The highest BCUT2D eigenvalue weighted by Gasteiger charge is 2.31. The van der Waals surface area contributed by atoms with Crippen LogP contribution in [0.1, 0.15) is 74.7 Å². The third kappa shape index (κ3) is 7.15. The predicted molar refractivity (Wildman–Crippen MR) is 77.8 cm³/mol. The molecule has 0 aromatic carbocycles. The number of rotatable bonds is 7. The van der Waals surface area contributed by atoms with E-state index in [1.807, 2.05) is 27.7 Å². The lowest BCUT2D eigenvalue weighted by Crippen LogP contribution is -2.32. The molecule has 0 N–H and O–H groups in total. The fraction of sp³-hybridized carbons (Fsp3) is 0.938. The first-order valence-corrected chi connectivity index (χ1v) is 7.07. The molecule has 0 heterocycles. The molecule has 0 saturated heterocycles. The van der Waals surface area contributed by atoms with E-state index in [0.29, 0.717) is 12.2 Å². The Kier molecular flexibility index (Phi) is 6.06. The Morgan fingerprint density at radius 1 is 1.00 bits per heavy atom. The minimum absolute atomic E-state index is 0.108. The maximum absolute atomic E-state index is 12.0. The average molecular weight is 256 g/mol. The van der Waals surface area contributed by atoms with Gasteiger partial charge in [0, 0.05) is 18.4 Å². The number of Topliss-reactive ketones (excluding diaryl/α,β-unsaturated/α-hetero) is 1.